The molecule has 1 amide bonds. The van der Waals surface area contributed by atoms with Crippen molar-refractivity contribution in [1.82, 2.24) is 5.32 Å². The molecule has 0 saturated carbocycles. The van der Waals surface area contributed by atoms with Crippen molar-refractivity contribution in [1.29, 1.82) is 0 Å². The quantitative estimate of drug-likeness (QED) is 0.0321. The second-order valence-electron chi connectivity index (χ2n) is 21.4. The number of carbonyl (C=O) groups excluding carboxylic acids is 2. The van der Waals surface area contributed by atoms with Crippen molar-refractivity contribution < 1.29 is 24.5 Å². The third kappa shape index (κ3) is 55.4. The van der Waals surface area contributed by atoms with E-state index in [4.69, 9.17) is 4.74 Å². The van der Waals surface area contributed by atoms with E-state index in [1.54, 1.807) is 6.08 Å². The smallest absolute Gasteiger partial charge is 0.305 e. The molecule has 0 rings (SSSR count). The molecule has 6 heteroatoms. The summed E-state index contributed by atoms with van der Waals surface area (Å²) in [5, 5.41) is 23.1. The highest BCUT2D eigenvalue weighted by atomic mass is 16.5. The Morgan fingerprint density at radius 2 is 0.714 bits per heavy atom. The van der Waals surface area contributed by atoms with Crippen molar-refractivity contribution in [3.63, 3.8) is 0 Å². The zero-order valence-corrected chi connectivity index (χ0v) is 47.0. The predicted octanol–water partition coefficient (Wildman–Crippen LogP) is 19.6. The number of unbranched alkanes of at least 4 members (excludes halogenated alkanes) is 43. The van der Waals surface area contributed by atoms with E-state index in [-0.39, 0.29) is 18.5 Å². The zero-order chi connectivity index (χ0) is 50.7. The summed E-state index contributed by atoms with van der Waals surface area (Å²) < 4.78 is 5.47. The van der Waals surface area contributed by atoms with Crippen molar-refractivity contribution in [2.24, 2.45) is 0 Å². The fourth-order valence-electron chi connectivity index (χ4n) is 9.61. The molecule has 6 nitrogen and oxygen atoms in total. The van der Waals surface area contributed by atoms with Crippen molar-refractivity contribution in [3.05, 3.63) is 36.5 Å². The Bertz CT molecular complexity index is 1130. The van der Waals surface area contributed by atoms with Gasteiger partial charge in [-0.2, -0.15) is 0 Å². The molecule has 3 N–H and O–H groups in total. The zero-order valence-electron chi connectivity index (χ0n) is 47.0. The van der Waals surface area contributed by atoms with Gasteiger partial charge in [-0.15, -0.1) is 0 Å². The van der Waals surface area contributed by atoms with Crippen molar-refractivity contribution in [2.45, 2.75) is 347 Å². The lowest BCUT2D eigenvalue weighted by Crippen LogP contribution is -2.45. The van der Waals surface area contributed by atoms with Crippen LogP contribution in [0.4, 0.5) is 0 Å². The monoisotopic (exact) mass is 984 g/mol. The first-order chi connectivity index (χ1) is 34.5. The van der Waals surface area contributed by atoms with E-state index in [0.717, 1.165) is 83.5 Å². The molecule has 0 bridgehead atoms. The summed E-state index contributed by atoms with van der Waals surface area (Å²) in [6.45, 7) is 4.88. The molecule has 0 aromatic heterocycles. The molecule has 0 spiro atoms. The average Bonchev–Trinajstić information content (AvgIpc) is 3.36. The van der Waals surface area contributed by atoms with Crippen LogP contribution < -0.4 is 5.32 Å². The van der Waals surface area contributed by atoms with Crippen LogP contribution in [0.3, 0.4) is 0 Å². The maximum atomic E-state index is 12.5. The third-order valence-electron chi connectivity index (χ3n) is 14.4. The van der Waals surface area contributed by atoms with Gasteiger partial charge in [0.2, 0.25) is 5.91 Å². The van der Waals surface area contributed by atoms with Crippen LogP contribution in [-0.4, -0.2) is 47.4 Å². The molecule has 0 aliphatic carbocycles. The summed E-state index contributed by atoms with van der Waals surface area (Å²) in [5.41, 5.74) is 0. The number of hydrogen-bond donors (Lipinski definition) is 3. The molecule has 0 radical (unpaired) electrons. The highest BCUT2D eigenvalue weighted by molar-refractivity contribution is 5.76. The lowest BCUT2D eigenvalue weighted by molar-refractivity contribution is -0.143. The van der Waals surface area contributed by atoms with E-state index in [2.05, 4.69) is 43.5 Å². The number of carbonyl (C=O) groups is 2. The second kappa shape index (κ2) is 59.6. The number of allylic oxidation sites excluding steroid dienone is 5. The molecule has 0 heterocycles. The Morgan fingerprint density at radius 1 is 0.400 bits per heavy atom. The number of amides is 1. The fraction of sp³-hybridized carbons (Fsp3) is 0.875. The van der Waals surface area contributed by atoms with E-state index in [9.17, 15) is 19.8 Å². The van der Waals surface area contributed by atoms with Gasteiger partial charge >= 0.3 is 5.97 Å². The van der Waals surface area contributed by atoms with E-state index in [0.29, 0.717) is 19.4 Å². The van der Waals surface area contributed by atoms with Crippen molar-refractivity contribution in [2.75, 3.05) is 13.2 Å². The van der Waals surface area contributed by atoms with Crippen LogP contribution in [0, 0.1) is 0 Å². The molecule has 0 aliphatic rings. The lowest BCUT2D eigenvalue weighted by Gasteiger charge is -2.20. The molecule has 2 unspecified atom stereocenters. The number of nitrogens with one attached hydrogen (secondary N) is 1. The van der Waals surface area contributed by atoms with Crippen LogP contribution in [0.2, 0.25) is 0 Å². The van der Waals surface area contributed by atoms with E-state index >= 15 is 0 Å². The third-order valence-corrected chi connectivity index (χ3v) is 14.4. The maximum Gasteiger partial charge on any atom is 0.305 e. The maximum absolute atomic E-state index is 12.5. The van der Waals surface area contributed by atoms with Gasteiger partial charge in [-0.25, -0.2) is 0 Å². The molecule has 70 heavy (non-hydrogen) atoms. The van der Waals surface area contributed by atoms with Gasteiger partial charge in [0, 0.05) is 12.8 Å². The molecule has 0 fully saturated rings. The van der Waals surface area contributed by atoms with Gasteiger partial charge in [0.1, 0.15) is 0 Å². The van der Waals surface area contributed by atoms with Crippen LogP contribution in [0.5, 0.6) is 0 Å². The topological polar surface area (TPSA) is 95.9 Å². The fourth-order valence-corrected chi connectivity index (χ4v) is 9.61. The Balaban J connectivity index is 3.49. The second-order valence-corrected chi connectivity index (χ2v) is 21.4. The number of rotatable bonds is 58. The van der Waals surface area contributed by atoms with Gasteiger partial charge in [0.05, 0.1) is 25.4 Å². The summed E-state index contributed by atoms with van der Waals surface area (Å²) in [4.78, 5) is 24.6. The molecule has 0 aromatic rings. The number of esters is 1. The van der Waals surface area contributed by atoms with Crippen LogP contribution >= 0.6 is 0 Å². The molecule has 0 saturated heterocycles. The minimum Gasteiger partial charge on any atom is -0.466 e. The summed E-state index contributed by atoms with van der Waals surface area (Å²) >= 11 is 0. The SMILES string of the molecule is CCCCCCCCCCCCCCCCC/C=C/C(O)C(CO)NC(=O)CCCCCCCCC/C=C\C/C=C\CCCCCOC(=O)CCCCCCCCCCCCCCCCCCCCC. The number of ether oxygens (including phenoxy) is 1. The first kappa shape index (κ1) is 68.1. The van der Waals surface area contributed by atoms with E-state index in [1.807, 2.05) is 6.08 Å². The summed E-state index contributed by atoms with van der Waals surface area (Å²) in [7, 11) is 0. The molecular formula is C64H121NO5. The Kier molecular flexibility index (Phi) is 58.0. The molecular weight excluding hydrogens is 863 g/mol. The first-order valence-corrected chi connectivity index (χ1v) is 31.3. The van der Waals surface area contributed by atoms with Gasteiger partial charge in [-0.05, 0) is 70.6 Å². The lowest BCUT2D eigenvalue weighted by atomic mass is 10.0. The van der Waals surface area contributed by atoms with Crippen LogP contribution in [0.25, 0.3) is 0 Å². The van der Waals surface area contributed by atoms with Gasteiger partial charge in [-0.1, -0.05) is 288 Å². The summed E-state index contributed by atoms with van der Waals surface area (Å²) in [5.74, 6) is -0.0938. The summed E-state index contributed by atoms with van der Waals surface area (Å²) in [6.07, 6.45) is 74.7. The first-order valence-electron chi connectivity index (χ1n) is 31.3. The normalized spacial score (nSPS) is 12.8. The van der Waals surface area contributed by atoms with Crippen molar-refractivity contribution in [3.8, 4) is 0 Å². The Hall–Kier alpha value is -1.92. The Labute approximate surface area is 436 Å². The van der Waals surface area contributed by atoms with E-state index in [1.165, 1.54) is 225 Å². The van der Waals surface area contributed by atoms with Gasteiger partial charge < -0.3 is 20.3 Å². The largest absolute Gasteiger partial charge is 0.466 e. The number of aliphatic hydroxyl groups is 2. The average molecular weight is 985 g/mol. The summed E-state index contributed by atoms with van der Waals surface area (Å²) in [6, 6.07) is -0.640. The van der Waals surface area contributed by atoms with Gasteiger partial charge in [0.25, 0.3) is 0 Å². The highest BCUT2D eigenvalue weighted by Gasteiger charge is 2.18. The standard InChI is InChI=1S/C64H121NO5/c1-3-5-7-9-11-13-15-17-19-21-22-26-30-34-38-42-46-50-54-58-64(69)70-59-55-51-47-43-39-35-31-27-23-25-29-33-37-41-45-49-53-57-63(68)65-61(60-66)62(67)56-52-48-44-40-36-32-28-24-20-18-16-14-12-10-8-6-4-2/h23,27,35,39,52,56,61-62,66-67H,3-22,24-26,28-34,36-38,40-51,53-55,57-60H2,1-2H3,(H,65,68)/b27-23-,39-35-,56-52+. The van der Waals surface area contributed by atoms with Crippen LogP contribution in [0.15, 0.2) is 36.5 Å². The minimum absolute atomic E-state index is 0.0115. The van der Waals surface area contributed by atoms with Gasteiger partial charge in [-0.3, -0.25) is 9.59 Å². The molecule has 412 valence electrons. The molecule has 2 atom stereocenters. The Morgan fingerprint density at radius 3 is 1.09 bits per heavy atom. The van der Waals surface area contributed by atoms with Crippen LogP contribution in [0.1, 0.15) is 335 Å². The van der Waals surface area contributed by atoms with E-state index < -0.39 is 12.1 Å². The van der Waals surface area contributed by atoms with Crippen LogP contribution in [-0.2, 0) is 14.3 Å². The van der Waals surface area contributed by atoms with Crippen molar-refractivity contribution >= 4 is 11.9 Å². The number of aliphatic hydroxyl groups excluding tert-OH is 2. The molecule has 0 aliphatic heterocycles. The van der Waals surface area contributed by atoms with Gasteiger partial charge in [0.15, 0.2) is 0 Å². The predicted molar refractivity (Wildman–Crippen MR) is 306 cm³/mol. The highest BCUT2D eigenvalue weighted by Crippen LogP contribution is 2.17. The molecule has 0 aromatic carbocycles. The minimum atomic E-state index is -0.856. The number of hydrogen-bond acceptors (Lipinski definition) is 5.